The second kappa shape index (κ2) is 5.44. The number of rotatable bonds is 3. The molecule has 0 saturated carbocycles. The monoisotopic (exact) mass is 287 g/mol. The summed E-state index contributed by atoms with van der Waals surface area (Å²) in [6.07, 6.45) is 2.80. The maximum absolute atomic E-state index is 10.6. The summed E-state index contributed by atoms with van der Waals surface area (Å²) < 4.78 is 0.711. The smallest absolute Gasteiger partial charge is 0.274 e. The number of aromatic amines is 1. The summed E-state index contributed by atoms with van der Waals surface area (Å²) in [6.45, 7) is 2.14. The Kier molecular flexibility index (Phi) is 3.92. The van der Waals surface area contributed by atoms with Crippen LogP contribution in [0.25, 0.3) is 0 Å². The lowest BCUT2D eigenvalue weighted by Crippen LogP contribution is -2.48. The van der Waals surface area contributed by atoms with Gasteiger partial charge in [-0.05, 0) is 18.6 Å². The van der Waals surface area contributed by atoms with Crippen LogP contribution in [0.3, 0.4) is 0 Å². The Morgan fingerprint density at radius 1 is 1.67 bits per heavy atom. The summed E-state index contributed by atoms with van der Waals surface area (Å²) in [4.78, 5) is 18.3. The van der Waals surface area contributed by atoms with Crippen molar-refractivity contribution < 1.29 is 5.03 Å². The van der Waals surface area contributed by atoms with Crippen molar-refractivity contribution >= 4 is 29.5 Å². The van der Waals surface area contributed by atoms with E-state index < -0.39 is 5.03 Å². The molecule has 1 N–H and O–H groups in total. The van der Waals surface area contributed by atoms with Crippen LogP contribution in [-0.4, -0.2) is 45.9 Å². The fraction of sp³-hybridized carbons (Fsp3) is 0.556. The van der Waals surface area contributed by atoms with Crippen LogP contribution in [0.2, 0.25) is 0 Å². The number of hydrazone groups is 1. The van der Waals surface area contributed by atoms with Gasteiger partial charge in [-0.2, -0.15) is 0 Å². The van der Waals surface area contributed by atoms with Crippen LogP contribution < -0.4 is 0 Å². The molecular formula is C9H13N5O2S2. The lowest BCUT2D eigenvalue weighted by atomic mass is 10.3. The third-order valence-electron chi connectivity index (χ3n) is 2.64. The third-order valence-corrected chi connectivity index (χ3v) is 3.82. The van der Waals surface area contributed by atoms with E-state index >= 15 is 0 Å². The van der Waals surface area contributed by atoms with Crippen molar-refractivity contribution in [1.82, 2.24) is 14.8 Å². The van der Waals surface area contributed by atoms with Crippen LogP contribution in [-0.2, 0) is 6.54 Å². The van der Waals surface area contributed by atoms with E-state index in [9.17, 15) is 10.1 Å². The molecule has 1 fully saturated rings. The van der Waals surface area contributed by atoms with Crippen molar-refractivity contribution in [3.05, 3.63) is 25.1 Å². The highest BCUT2D eigenvalue weighted by atomic mass is 32.1. The van der Waals surface area contributed by atoms with Gasteiger partial charge in [-0.25, -0.2) is 10.1 Å². The molecule has 0 unspecified atom stereocenters. The fourth-order valence-electron chi connectivity index (χ4n) is 1.89. The Bertz CT molecular complexity index is 523. The Hall–Kier alpha value is -1.48. The highest BCUT2D eigenvalue weighted by Gasteiger charge is 2.24. The molecule has 18 heavy (non-hydrogen) atoms. The topological polar surface area (TPSA) is 77.8 Å². The number of hydrogen-bond acceptors (Lipinski definition) is 4. The van der Waals surface area contributed by atoms with Crippen molar-refractivity contribution in [2.75, 3.05) is 20.1 Å². The predicted octanol–water partition coefficient (Wildman–Crippen LogP) is 1.49. The molecule has 7 nitrogen and oxygen atoms in total. The fourth-order valence-corrected chi connectivity index (χ4v) is 2.96. The van der Waals surface area contributed by atoms with E-state index in [4.69, 9.17) is 12.2 Å². The van der Waals surface area contributed by atoms with Gasteiger partial charge in [0.25, 0.3) is 5.96 Å². The molecule has 0 radical (unpaired) electrons. The summed E-state index contributed by atoms with van der Waals surface area (Å²) in [7, 11) is 1.81. The Morgan fingerprint density at radius 2 is 2.44 bits per heavy atom. The van der Waals surface area contributed by atoms with Gasteiger partial charge in [0.05, 0.1) is 6.54 Å². The third kappa shape index (κ3) is 3.05. The molecule has 1 aromatic rings. The highest BCUT2D eigenvalue weighted by Crippen LogP contribution is 2.16. The molecule has 9 heteroatoms. The molecule has 2 heterocycles. The van der Waals surface area contributed by atoms with E-state index in [1.165, 1.54) is 11.3 Å². The first-order valence-electron chi connectivity index (χ1n) is 5.43. The van der Waals surface area contributed by atoms with Gasteiger partial charge in [-0.1, -0.05) is 0 Å². The predicted molar refractivity (Wildman–Crippen MR) is 71.6 cm³/mol. The second-order valence-electron chi connectivity index (χ2n) is 3.98. The average molecular weight is 287 g/mol. The molecule has 0 amide bonds. The molecule has 0 aromatic carbocycles. The maximum Gasteiger partial charge on any atom is 0.274 e. The highest BCUT2D eigenvalue weighted by molar-refractivity contribution is 7.73. The molecule has 1 aromatic heterocycles. The molecular weight excluding hydrogens is 274 g/mol. The lowest BCUT2D eigenvalue weighted by molar-refractivity contribution is -0.486. The summed E-state index contributed by atoms with van der Waals surface area (Å²) in [5, 5.41) is 13.4. The number of nitro groups is 1. The van der Waals surface area contributed by atoms with Crippen LogP contribution in [0.4, 0.5) is 0 Å². The van der Waals surface area contributed by atoms with Gasteiger partial charge in [0.15, 0.2) is 8.99 Å². The van der Waals surface area contributed by atoms with Crippen molar-refractivity contribution in [2.45, 2.75) is 13.0 Å². The number of thiazole rings is 1. The molecule has 1 aliphatic heterocycles. The number of nitrogens with zero attached hydrogens (tertiary/aromatic N) is 4. The van der Waals surface area contributed by atoms with Crippen molar-refractivity contribution in [3.63, 3.8) is 0 Å². The van der Waals surface area contributed by atoms with Crippen molar-refractivity contribution in [3.8, 4) is 0 Å². The molecule has 0 bridgehead atoms. The van der Waals surface area contributed by atoms with Gasteiger partial charge in [0.2, 0.25) is 0 Å². The van der Waals surface area contributed by atoms with E-state index in [1.807, 2.05) is 18.1 Å². The van der Waals surface area contributed by atoms with E-state index in [0.29, 0.717) is 16.5 Å². The van der Waals surface area contributed by atoms with Crippen LogP contribution >= 0.6 is 23.6 Å². The molecule has 0 atom stereocenters. The molecule has 1 saturated heterocycles. The molecule has 0 aliphatic carbocycles. The normalized spacial score (nSPS) is 18.4. The maximum atomic E-state index is 10.6. The zero-order valence-electron chi connectivity index (χ0n) is 9.83. The Balaban J connectivity index is 2.18. The van der Waals surface area contributed by atoms with E-state index in [2.05, 4.69) is 10.1 Å². The first kappa shape index (κ1) is 13.0. The zero-order chi connectivity index (χ0) is 13.1. The summed E-state index contributed by atoms with van der Waals surface area (Å²) >= 11 is 6.50. The number of aromatic nitrogens is 1. The number of nitrogens with one attached hydrogen (secondary N) is 1. The first-order valence-corrected chi connectivity index (χ1v) is 6.65. The minimum Gasteiger partial charge on any atom is -0.343 e. The largest absolute Gasteiger partial charge is 0.343 e. The molecule has 1 aliphatic rings. The summed E-state index contributed by atoms with van der Waals surface area (Å²) in [5.74, 6) is 0.408. The summed E-state index contributed by atoms with van der Waals surface area (Å²) in [5.41, 5.74) is 0. The van der Waals surface area contributed by atoms with Crippen LogP contribution in [0, 0.1) is 14.1 Å². The van der Waals surface area contributed by atoms with Gasteiger partial charge >= 0.3 is 0 Å². The van der Waals surface area contributed by atoms with Gasteiger partial charge in [0, 0.05) is 31.2 Å². The quantitative estimate of drug-likeness (QED) is 0.518. The standard InChI is InChI=1S/C9H13N5O2S2/c1-12-3-2-4-13(8(12)11-14(15)16)6-7-5-10-9(17)18-7/h5H,2-4,6H2,1H3,(H,10,17). The van der Waals surface area contributed by atoms with Crippen LogP contribution in [0.15, 0.2) is 11.3 Å². The number of hydrogen-bond donors (Lipinski definition) is 1. The Morgan fingerprint density at radius 3 is 3.06 bits per heavy atom. The van der Waals surface area contributed by atoms with Crippen LogP contribution in [0.1, 0.15) is 11.3 Å². The van der Waals surface area contributed by atoms with Gasteiger partial charge in [0.1, 0.15) is 5.10 Å². The van der Waals surface area contributed by atoms with Gasteiger partial charge in [-0.15, -0.1) is 11.3 Å². The SMILES string of the molecule is CN1CCCN(Cc2c[nH]c(=S)s2)C1=N[N+](=O)[O-]. The minimum atomic E-state index is -0.650. The second-order valence-corrected chi connectivity index (χ2v) is 5.78. The van der Waals surface area contributed by atoms with E-state index in [1.54, 1.807) is 4.90 Å². The first-order chi connectivity index (χ1) is 8.56. The van der Waals surface area contributed by atoms with E-state index in [0.717, 1.165) is 24.4 Å². The lowest BCUT2D eigenvalue weighted by Gasteiger charge is -2.34. The summed E-state index contributed by atoms with van der Waals surface area (Å²) in [6, 6.07) is 0. The molecule has 2 rings (SSSR count). The molecule has 98 valence electrons. The number of H-pyrrole nitrogens is 1. The van der Waals surface area contributed by atoms with Gasteiger partial charge < -0.3 is 14.8 Å². The van der Waals surface area contributed by atoms with E-state index in [-0.39, 0.29) is 0 Å². The minimum absolute atomic E-state index is 0.408. The van der Waals surface area contributed by atoms with Crippen molar-refractivity contribution in [2.24, 2.45) is 5.10 Å². The van der Waals surface area contributed by atoms with Crippen LogP contribution in [0.5, 0.6) is 0 Å². The zero-order valence-corrected chi connectivity index (χ0v) is 11.5. The Labute approximate surface area is 113 Å². The van der Waals surface area contributed by atoms with Gasteiger partial charge in [-0.3, -0.25) is 0 Å². The number of guanidine groups is 1. The van der Waals surface area contributed by atoms with Crippen molar-refractivity contribution in [1.29, 1.82) is 0 Å². The average Bonchev–Trinajstić information content (AvgIpc) is 2.69. The molecule has 0 spiro atoms.